The average molecular weight is 191 g/mol. The number of Topliss-reactive ketones (excluding diaryl/α,β-unsaturated/α-hetero) is 1. The van der Waals surface area contributed by atoms with Gasteiger partial charge in [0.1, 0.15) is 5.78 Å². The smallest absolute Gasteiger partial charge is 0.147 e. The van der Waals surface area contributed by atoms with Gasteiger partial charge in [0.05, 0.1) is 11.3 Å². The lowest BCUT2D eigenvalue weighted by Crippen LogP contribution is -2.44. The van der Waals surface area contributed by atoms with Gasteiger partial charge in [-0.1, -0.05) is 6.92 Å². The van der Waals surface area contributed by atoms with Crippen LogP contribution in [0.4, 0.5) is 0 Å². The number of carbonyl (C=O) groups is 1. The average Bonchev–Trinajstić information content (AvgIpc) is 2.03. The number of nitrogens with one attached hydrogen (secondary N) is 1. The molecule has 0 aliphatic rings. The zero-order valence-electron chi connectivity index (χ0n) is 8.09. The Kier molecular flexibility index (Phi) is 5.33. The van der Waals surface area contributed by atoms with Crippen LogP contribution in [0, 0.1) is 0 Å². The minimum Gasteiger partial charge on any atom is -0.310 e. The molecule has 0 fully saturated rings. The molecule has 3 nitrogen and oxygen atoms in total. The summed E-state index contributed by atoms with van der Waals surface area (Å²) in [5.74, 6) is 0.652. The summed E-state index contributed by atoms with van der Waals surface area (Å²) < 4.78 is 11.3. The van der Waals surface area contributed by atoms with Gasteiger partial charge in [-0.15, -0.1) is 0 Å². The number of rotatable bonds is 5. The minimum atomic E-state index is -0.906. The van der Waals surface area contributed by atoms with Crippen LogP contribution in [-0.2, 0) is 15.6 Å². The van der Waals surface area contributed by atoms with Crippen LogP contribution >= 0.6 is 0 Å². The third kappa shape index (κ3) is 3.03. The molecule has 0 spiro atoms. The molecule has 72 valence electrons. The number of carbonyl (C=O) groups excluding carboxylic acids is 1. The Balaban J connectivity index is 4.30. The normalized spacial score (nSPS) is 18.3. The zero-order chi connectivity index (χ0) is 9.72. The monoisotopic (exact) mass is 191 g/mol. The highest BCUT2D eigenvalue weighted by molar-refractivity contribution is 7.85. The molecule has 0 saturated heterocycles. The van der Waals surface area contributed by atoms with Crippen LogP contribution in [0.5, 0.6) is 0 Å². The Morgan fingerprint density at radius 2 is 2.08 bits per heavy atom. The topological polar surface area (TPSA) is 46.2 Å². The molecule has 0 saturated carbocycles. The van der Waals surface area contributed by atoms with Crippen molar-refractivity contribution in [3.8, 4) is 0 Å². The van der Waals surface area contributed by atoms with Crippen molar-refractivity contribution in [1.82, 2.24) is 5.32 Å². The Morgan fingerprint density at radius 3 is 2.33 bits per heavy atom. The van der Waals surface area contributed by atoms with Gasteiger partial charge in [-0.25, -0.2) is 0 Å². The third-order valence-electron chi connectivity index (χ3n) is 1.92. The van der Waals surface area contributed by atoms with E-state index in [-0.39, 0.29) is 17.1 Å². The van der Waals surface area contributed by atoms with E-state index >= 15 is 0 Å². The second-order valence-corrected chi connectivity index (χ2v) is 4.83. The number of hydrogen-bond acceptors (Lipinski definition) is 3. The predicted octanol–water partition coefficient (Wildman–Crippen LogP) is 0.321. The van der Waals surface area contributed by atoms with Gasteiger partial charge in [0.25, 0.3) is 0 Å². The highest BCUT2D eigenvalue weighted by atomic mass is 32.2. The van der Waals surface area contributed by atoms with Crippen molar-refractivity contribution in [3.05, 3.63) is 0 Å². The fourth-order valence-electron chi connectivity index (χ4n) is 1.18. The first kappa shape index (κ1) is 11.8. The highest BCUT2D eigenvalue weighted by Crippen LogP contribution is 2.03. The van der Waals surface area contributed by atoms with Crippen LogP contribution in [-0.4, -0.2) is 34.1 Å². The molecule has 3 unspecified atom stereocenters. The van der Waals surface area contributed by atoms with E-state index < -0.39 is 10.8 Å². The van der Waals surface area contributed by atoms with Crippen molar-refractivity contribution in [2.24, 2.45) is 0 Å². The Labute approximate surface area is 76.4 Å². The maximum Gasteiger partial charge on any atom is 0.147 e. The Morgan fingerprint density at radius 1 is 1.58 bits per heavy atom. The zero-order valence-corrected chi connectivity index (χ0v) is 8.90. The largest absolute Gasteiger partial charge is 0.310 e. The molecule has 0 amide bonds. The summed E-state index contributed by atoms with van der Waals surface area (Å²) in [4.78, 5) is 11.0. The van der Waals surface area contributed by atoms with Crippen LogP contribution in [0.15, 0.2) is 0 Å². The van der Waals surface area contributed by atoms with Gasteiger partial charge < -0.3 is 5.32 Å². The maximum atomic E-state index is 11.3. The quantitative estimate of drug-likeness (QED) is 0.681. The molecule has 0 aliphatic heterocycles. The van der Waals surface area contributed by atoms with Crippen molar-refractivity contribution in [2.45, 2.75) is 32.1 Å². The van der Waals surface area contributed by atoms with Gasteiger partial charge >= 0.3 is 0 Å². The van der Waals surface area contributed by atoms with Crippen LogP contribution in [0.25, 0.3) is 0 Å². The summed E-state index contributed by atoms with van der Waals surface area (Å²) in [6, 6.07) is -0.272. The van der Waals surface area contributed by atoms with Gasteiger partial charge in [-0.05, 0) is 20.9 Å². The number of ketones is 1. The van der Waals surface area contributed by atoms with Crippen molar-refractivity contribution in [2.75, 3.05) is 12.8 Å². The molecule has 4 heteroatoms. The van der Waals surface area contributed by atoms with E-state index in [4.69, 9.17) is 0 Å². The van der Waals surface area contributed by atoms with E-state index in [1.165, 1.54) is 6.92 Å². The standard InChI is InChI=1S/C8H17NO2S/c1-5-12(11)7(3)8(9-4)6(2)10/h7-9H,5H2,1-4H3. The van der Waals surface area contributed by atoms with Crippen molar-refractivity contribution in [1.29, 1.82) is 0 Å². The third-order valence-corrected chi connectivity index (χ3v) is 3.59. The molecule has 0 radical (unpaired) electrons. The SMILES string of the molecule is CCS(=O)C(C)C(NC)C(C)=O. The highest BCUT2D eigenvalue weighted by Gasteiger charge is 2.23. The Hall–Kier alpha value is -0.220. The molecular formula is C8H17NO2S. The summed E-state index contributed by atoms with van der Waals surface area (Å²) in [7, 11) is 0.812. The molecule has 0 aromatic carbocycles. The van der Waals surface area contributed by atoms with Gasteiger partial charge in [0.2, 0.25) is 0 Å². The van der Waals surface area contributed by atoms with E-state index in [0.29, 0.717) is 5.75 Å². The summed E-state index contributed by atoms with van der Waals surface area (Å²) in [5, 5.41) is 2.77. The summed E-state index contributed by atoms with van der Waals surface area (Å²) >= 11 is 0. The van der Waals surface area contributed by atoms with Crippen molar-refractivity contribution in [3.63, 3.8) is 0 Å². The molecule has 3 atom stereocenters. The number of likely N-dealkylation sites (N-methyl/N-ethyl adjacent to an activating group) is 1. The Bertz CT molecular complexity index is 182. The lowest BCUT2D eigenvalue weighted by atomic mass is 10.1. The molecule has 0 aliphatic carbocycles. The lowest BCUT2D eigenvalue weighted by Gasteiger charge is -2.19. The summed E-state index contributed by atoms with van der Waals surface area (Å²) in [5.41, 5.74) is 0. The molecule has 0 aromatic heterocycles. The van der Waals surface area contributed by atoms with E-state index in [1.807, 2.05) is 13.8 Å². The molecular weight excluding hydrogens is 174 g/mol. The van der Waals surface area contributed by atoms with Crippen LogP contribution < -0.4 is 5.32 Å². The fraction of sp³-hybridized carbons (Fsp3) is 0.875. The van der Waals surface area contributed by atoms with Gasteiger partial charge in [0.15, 0.2) is 0 Å². The molecule has 12 heavy (non-hydrogen) atoms. The van der Waals surface area contributed by atoms with Crippen LogP contribution in [0.1, 0.15) is 20.8 Å². The lowest BCUT2D eigenvalue weighted by molar-refractivity contribution is -0.118. The van der Waals surface area contributed by atoms with E-state index in [9.17, 15) is 9.00 Å². The maximum absolute atomic E-state index is 11.3. The minimum absolute atomic E-state index is 0.0480. The molecule has 0 bridgehead atoms. The van der Waals surface area contributed by atoms with E-state index in [1.54, 1.807) is 7.05 Å². The van der Waals surface area contributed by atoms with Crippen LogP contribution in [0.3, 0.4) is 0 Å². The van der Waals surface area contributed by atoms with Crippen LogP contribution in [0.2, 0.25) is 0 Å². The van der Waals surface area contributed by atoms with Crippen molar-refractivity contribution < 1.29 is 9.00 Å². The molecule has 1 N–H and O–H groups in total. The molecule has 0 heterocycles. The predicted molar refractivity (Wildman–Crippen MR) is 51.7 cm³/mol. The second-order valence-electron chi connectivity index (χ2n) is 2.75. The second kappa shape index (κ2) is 5.43. The molecule has 0 aromatic rings. The van der Waals surface area contributed by atoms with Gasteiger partial charge in [-0.3, -0.25) is 9.00 Å². The summed E-state index contributed by atoms with van der Waals surface area (Å²) in [6.07, 6.45) is 0. The van der Waals surface area contributed by atoms with Gasteiger partial charge in [-0.2, -0.15) is 0 Å². The molecule has 0 rings (SSSR count). The first-order chi connectivity index (χ1) is 5.54. The first-order valence-corrected chi connectivity index (χ1v) is 5.47. The van der Waals surface area contributed by atoms with Gasteiger partial charge in [0, 0.05) is 16.6 Å². The summed E-state index contributed by atoms with van der Waals surface area (Å²) in [6.45, 7) is 5.21. The first-order valence-electron chi connectivity index (χ1n) is 4.09. The van der Waals surface area contributed by atoms with E-state index in [0.717, 1.165) is 0 Å². The fourth-order valence-corrected chi connectivity index (χ4v) is 2.34. The van der Waals surface area contributed by atoms with E-state index in [2.05, 4.69) is 5.32 Å². The van der Waals surface area contributed by atoms with Crippen molar-refractivity contribution >= 4 is 16.6 Å². The number of hydrogen-bond donors (Lipinski definition) is 1.